The fourth-order valence-electron chi connectivity index (χ4n) is 1.60. The molecule has 0 saturated carbocycles. The third-order valence-corrected chi connectivity index (χ3v) is 2.77. The molecule has 0 spiro atoms. The number of unbranched alkanes of at least 4 members (excludes halogenated alkanes) is 5. The number of allylic oxidation sites excluding steroid dienone is 2. The summed E-state index contributed by atoms with van der Waals surface area (Å²) >= 11 is 0. The predicted octanol–water partition coefficient (Wildman–Crippen LogP) is 4.55. The van der Waals surface area contributed by atoms with Gasteiger partial charge in [-0.05, 0) is 38.5 Å². The maximum absolute atomic E-state index is 9.33. The Kier molecular flexibility index (Phi) is 18.5. The van der Waals surface area contributed by atoms with E-state index in [1.165, 1.54) is 32.1 Å². The Morgan fingerprint density at radius 2 is 1.58 bits per heavy atom. The fraction of sp³-hybridized carbons (Fsp3) is 0.812. The van der Waals surface area contributed by atoms with Crippen molar-refractivity contribution in [3.05, 3.63) is 12.2 Å². The zero-order chi connectivity index (χ0) is 14.9. The molecule has 19 heavy (non-hydrogen) atoms. The quantitative estimate of drug-likeness (QED) is 0.453. The molecule has 3 nitrogen and oxygen atoms in total. The molecule has 0 aliphatic rings. The van der Waals surface area contributed by atoms with Gasteiger partial charge in [-0.1, -0.05) is 45.3 Å². The van der Waals surface area contributed by atoms with Gasteiger partial charge in [0.1, 0.15) is 0 Å². The van der Waals surface area contributed by atoms with E-state index in [4.69, 9.17) is 9.90 Å². The van der Waals surface area contributed by atoms with E-state index in [1.54, 1.807) is 0 Å². The maximum atomic E-state index is 9.33. The number of aliphatic carboxylic acids is 1. The molecule has 0 amide bonds. The number of aliphatic hydroxyl groups excluding tert-OH is 1. The molecule has 0 aromatic carbocycles. The number of aliphatic hydroxyl groups is 1. The van der Waals surface area contributed by atoms with Crippen LogP contribution in [0.15, 0.2) is 12.2 Å². The van der Waals surface area contributed by atoms with Gasteiger partial charge in [0.15, 0.2) is 0 Å². The van der Waals surface area contributed by atoms with E-state index < -0.39 is 5.97 Å². The molecule has 1 atom stereocenters. The molecule has 0 saturated heterocycles. The second kappa shape index (κ2) is 17.2. The summed E-state index contributed by atoms with van der Waals surface area (Å²) in [6, 6.07) is 0. The number of hydrogen-bond donors (Lipinski definition) is 2. The first-order valence-corrected chi connectivity index (χ1v) is 7.57. The minimum absolute atomic E-state index is 0.0806. The van der Waals surface area contributed by atoms with Crippen LogP contribution in [-0.4, -0.2) is 22.3 Å². The number of carboxylic acid groups (broad SMARTS) is 1. The van der Waals surface area contributed by atoms with Crippen LogP contribution in [0.3, 0.4) is 0 Å². The standard InChI is InChI=1S/C14H28O.C2H4O2/c1-3-5-6-7-8-9-10-11-12-13-14(15)4-2;1-2(3)4/h9-10,14-15H,3-8,11-13H2,1-2H3;1H3,(H,3,4). The highest BCUT2D eigenvalue weighted by Gasteiger charge is 1.97. The van der Waals surface area contributed by atoms with Gasteiger partial charge in [-0.3, -0.25) is 4.79 Å². The van der Waals surface area contributed by atoms with Crippen LogP contribution < -0.4 is 0 Å². The SMILES string of the molecule is CC(=O)O.CCCCCCC=CCCCC(O)CC. The molecule has 0 aliphatic carbocycles. The fourth-order valence-corrected chi connectivity index (χ4v) is 1.60. The van der Waals surface area contributed by atoms with Gasteiger partial charge in [-0.2, -0.15) is 0 Å². The van der Waals surface area contributed by atoms with Crippen molar-refractivity contribution >= 4 is 5.97 Å². The van der Waals surface area contributed by atoms with Crippen LogP contribution in [0.1, 0.15) is 78.6 Å². The molecule has 3 heteroatoms. The van der Waals surface area contributed by atoms with E-state index in [0.29, 0.717) is 0 Å². The van der Waals surface area contributed by atoms with Crippen LogP contribution in [0, 0.1) is 0 Å². The van der Waals surface area contributed by atoms with E-state index in [-0.39, 0.29) is 6.10 Å². The second-order valence-electron chi connectivity index (χ2n) is 4.83. The van der Waals surface area contributed by atoms with Crippen LogP contribution >= 0.6 is 0 Å². The molecule has 0 heterocycles. The summed E-state index contributed by atoms with van der Waals surface area (Å²) < 4.78 is 0. The first-order chi connectivity index (χ1) is 9.04. The minimum atomic E-state index is -0.833. The van der Waals surface area contributed by atoms with Crippen molar-refractivity contribution in [1.82, 2.24) is 0 Å². The Morgan fingerprint density at radius 1 is 1.05 bits per heavy atom. The summed E-state index contributed by atoms with van der Waals surface area (Å²) in [4.78, 5) is 9.00. The molecule has 0 bridgehead atoms. The van der Waals surface area contributed by atoms with Gasteiger partial charge >= 0.3 is 0 Å². The van der Waals surface area contributed by atoms with Crippen molar-refractivity contribution in [2.45, 2.75) is 84.7 Å². The molecule has 1 unspecified atom stereocenters. The van der Waals surface area contributed by atoms with Gasteiger partial charge < -0.3 is 10.2 Å². The lowest BCUT2D eigenvalue weighted by Crippen LogP contribution is -2.02. The van der Waals surface area contributed by atoms with Crippen molar-refractivity contribution in [3.8, 4) is 0 Å². The smallest absolute Gasteiger partial charge is 0.300 e. The third kappa shape index (κ3) is 26.7. The monoisotopic (exact) mass is 272 g/mol. The van der Waals surface area contributed by atoms with E-state index in [0.717, 1.165) is 32.6 Å². The van der Waals surface area contributed by atoms with Crippen molar-refractivity contribution in [1.29, 1.82) is 0 Å². The molecule has 114 valence electrons. The normalized spacial score (nSPS) is 12.0. The highest BCUT2D eigenvalue weighted by atomic mass is 16.4. The summed E-state index contributed by atoms with van der Waals surface area (Å²) in [5.74, 6) is -0.833. The van der Waals surface area contributed by atoms with Gasteiger partial charge in [-0.25, -0.2) is 0 Å². The Labute approximate surface area is 118 Å². The van der Waals surface area contributed by atoms with Crippen LogP contribution in [-0.2, 0) is 4.79 Å². The van der Waals surface area contributed by atoms with Gasteiger partial charge in [0.05, 0.1) is 6.10 Å². The lowest BCUT2D eigenvalue weighted by molar-refractivity contribution is -0.134. The number of carboxylic acids is 1. The Hall–Kier alpha value is -0.830. The van der Waals surface area contributed by atoms with Crippen LogP contribution in [0.5, 0.6) is 0 Å². The Balaban J connectivity index is 0. The summed E-state index contributed by atoms with van der Waals surface area (Å²) in [7, 11) is 0. The topological polar surface area (TPSA) is 57.5 Å². The first-order valence-electron chi connectivity index (χ1n) is 7.57. The average Bonchev–Trinajstić information content (AvgIpc) is 2.36. The maximum Gasteiger partial charge on any atom is 0.300 e. The van der Waals surface area contributed by atoms with Gasteiger partial charge in [0.25, 0.3) is 5.97 Å². The number of rotatable bonds is 10. The molecule has 0 aliphatic heterocycles. The lowest BCUT2D eigenvalue weighted by atomic mass is 10.1. The summed E-state index contributed by atoms with van der Waals surface area (Å²) in [6.07, 6.45) is 15.2. The predicted molar refractivity (Wildman–Crippen MR) is 81.4 cm³/mol. The molecule has 0 radical (unpaired) electrons. The van der Waals surface area contributed by atoms with Crippen molar-refractivity contribution in [2.75, 3.05) is 0 Å². The van der Waals surface area contributed by atoms with E-state index in [1.807, 2.05) is 6.92 Å². The third-order valence-electron chi connectivity index (χ3n) is 2.77. The molecule has 2 N–H and O–H groups in total. The van der Waals surface area contributed by atoms with E-state index in [9.17, 15) is 5.11 Å². The largest absolute Gasteiger partial charge is 0.481 e. The second-order valence-corrected chi connectivity index (χ2v) is 4.83. The van der Waals surface area contributed by atoms with Crippen molar-refractivity contribution < 1.29 is 15.0 Å². The van der Waals surface area contributed by atoms with E-state index in [2.05, 4.69) is 19.1 Å². The highest BCUT2D eigenvalue weighted by molar-refractivity contribution is 5.62. The molecular formula is C16H32O3. The summed E-state index contributed by atoms with van der Waals surface area (Å²) in [5.41, 5.74) is 0. The average molecular weight is 272 g/mol. The number of carbonyl (C=O) groups is 1. The zero-order valence-corrected chi connectivity index (χ0v) is 12.9. The Morgan fingerprint density at radius 3 is 2.05 bits per heavy atom. The van der Waals surface area contributed by atoms with Gasteiger partial charge in [0.2, 0.25) is 0 Å². The number of hydrogen-bond acceptors (Lipinski definition) is 2. The Bertz CT molecular complexity index is 208. The zero-order valence-electron chi connectivity index (χ0n) is 12.9. The molecular weight excluding hydrogens is 240 g/mol. The van der Waals surface area contributed by atoms with Crippen LogP contribution in [0.25, 0.3) is 0 Å². The minimum Gasteiger partial charge on any atom is -0.481 e. The van der Waals surface area contributed by atoms with E-state index >= 15 is 0 Å². The molecule has 0 fully saturated rings. The molecule has 0 rings (SSSR count). The summed E-state index contributed by atoms with van der Waals surface area (Å²) in [6.45, 7) is 5.36. The lowest BCUT2D eigenvalue weighted by Gasteiger charge is -2.04. The van der Waals surface area contributed by atoms with Gasteiger partial charge in [-0.15, -0.1) is 0 Å². The van der Waals surface area contributed by atoms with Gasteiger partial charge in [0, 0.05) is 6.92 Å². The highest BCUT2D eigenvalue weighted by Crippen LogP contribution is 2.06. The van der Waals surface area contributed by atoms with Crippen molar-refractivity contribution in [2.24, 2.45) is 0 Å². The van der Waals surface area contributed by atoms with Crippen molar-refractivity contribution in [3.63, 3.8) is 0 Å². The molecule has 0 aromatic rings. The summed E-state index contributed by atoms with van der Waals surface area (Å²) in [5, 5.41) is 16.8. The van der Waals surface area contributed by atoms with Crippen LogP contribution in [0.4, 0.5) is 0 Å². The molecule has 0 aromatic heterocycles. The van der Waals surface area contributed by atoms with Crippen LogP contribution in [0.2, 0.25) is 0 Å². The first kappa shape index (κ1) is 20.5.